The Bertz CT molecular complexity index is 1220. The standard InChI is InChI=1S/C27H31F2N3O5.Na/c1-16(2)25-23(12-11-21(33)13-22(34)14-24(35)36)32(20-9-7-19(29)8-10-20)31-26(25)27(37)30-15-17-3-5-18(28)6-4-17;/h3-10,16,21-22,33-34H,11-15H2,1-2H3,(H,30,37)(H,35,36);/q;+1/p-1. The predicted octanol–water partition coefficient (Wildman–Crippen LogP) is -0.608. The Balaban J connectivity index is 0.00000507. The molecule has 0 bridgehead atoms. The molecule has 0 saturated carbocycles. The molecule has 3 N–H and O–H groups in total. The Hall–Kier alpha value is -2.63. The van der Waals surface area contributed by atoms with E-state index in [1.54, 1.807) is 12.1 Å². The zero-order valence-electron chi connectivity index (χ0n) is 21.7. The van der Waals surface area contributed by atoms with Crippen molar-refractivity contribution >= 4 is 11.9 Å². The van der Waals surface area contributed by atoms with Crippen molar-refractivity contribution in [2.45, 2.75) is 64.2 Å². The number of nitrogens with one attached hydrogen (secondary N) is 1. The zero-order valence-corrected chi connectivity index (χ0v) is 23.7. The number of aliphatic hydroxyl groups is 2. The maximum atomic E-state index is 13.6. The summed E-state index contributed by atoms with van der Waals surface area (Å²) in [6, 6.07) is 11.3. The topological polar surface area (TPSA) is 128 Å². The minimum atomic E-state index is -1.41. The smallest absolute Gasteiger partial charge is 0.550 e. The number of nitrogens with zero attached hydrogens (tertiary/aromatic N) is 2. The van der Waals surface area contributed by atoms with Crippen LogP contribution in [0.1, 0.15) is 66.3 Å². The van der Waals surface area contributed by atoms with Gasteiger partial charge < -0.3 is 25.4 Å². The molecule has 198 valence electrons. The van der Waals surface area contributed by atoms with Crippen LogP contribution >= 0.6 is 0 Å². The van der Waals surface area contributed by atoms with Crippen LogP contribution in [0.15, 0.2) is 48.5 Å². The molecule has 1 heterocycles. The van der Waals surface area contributed by atoms with Crippen LogP contribution in [0.5, 0.6) is 0 Å². The van der Waals surface area contributed by atoms with Crippen LogP contribution in [0.25, 0.3) is 5.69 Å². The molecule has 2 aromatic carbocycles. The van der Waals surface area contributed by atoms with Gasteiger partial charge in [-0.2, -0.15) is 5.10 Å². The van der Waals surface area contributed by atoms with Crippen LogP contribution in [0.3, 0.4) is 0 Å². The Morgan fingerprint density at radius 3 is 2.13 bits per heavy atom. The monoisotopic (exact) mass is 537 g/mol. The molecule has 38 heavy (non-hydrogen) atoms. The molecule has 3 aromatic rings. The number of halogens is 2. The number of amides is 1. The minimum absolute atomic E-state index is 0. The van der Waals surface area contributed by atoms with Crippen molar-refractivity contribution in [2.75, 3.05) is 0 Å². The van der Waals surface area contributed by atoms with Crippen molar-refractivity contribution in [2.24, 2.45) is 0 Å². The van der Waals surface area contributed by atoms with Crippen molar-refractivity contribution in [1.29, 1.82) is 0 Å². The third-order valence-electron chi connectivity index (χ3n) is 5.91. The van der Waals surface area contributed by atoms with Gasteiger partial charge in [-0.1, -0.05) is 26.0 Å². The van der Waals surface area contributed by atoms with Crippen molar-refractivity contribution in [3.63, 3.8) is 0 Å². The van der Waals surface area contributed by atoms with Crippen molar-refractivity contribution < 1.29 is 63.2 Å². The summed E-state index contributed by atoms with van der Waals surface area (Å²) in [6.07, 6.45) is -2.59. The number of carboxylic acids is 1. The first-order chi connectivity index (χ1) is 17.5. The maximum absolute atomic E-state index is 13.6. The van der Waals surface area contributed by atoms with Crippen molar-refractivity contribution in [1.82, 2.24) is 15.1 Å². The van der Waals surface area contributed by atoms with Crippen LogP contribution in [0.2, 0.25) is 0 Å². The largest absolute Gasteiger partial charge is 1.00 e. The normalized spacial score (nSPS) is 12.6. The van der Waals surface area contributed by atoms with Crippen LogP contribution in [-0.2, 0) is 17.8 Å². The second-order valence-electron chi connectivity index (χ2n) is 9.22. The molecule has 2 atom stereocenters. The molecule has 1 aromatic heterocycles. The van der Waals surface area contributed by atoms with Crippen LogP contribution < -0.4 is 40.0 Å². The molecule has 0 aliphatic carbocycles. The Kier molecular flexibility index (Phi) is 12.1. The Labute approximate surface area is 242 Å². The number of carbonyl (C=O) groups is 2. The molecular weight excluding hydrogens is 507 g/mol. The van der Waals surface area contributed by atoms with Crippen molar-refractivity contribution in [3.8, 4) is 5.69 Å². The first-order valence-electron chi connectivity index (χ1n) is 12.0. The third kappa shape index (κ3) is 8.71. The number of aliphatic hydroxyl groups excluding tert-OH is 2. The fourth-order valence-electron chi connectivity index (χ4n) is 4.16. The fraction of sp³-hybridized carbons (Fsp3) is 0.370. The molecule has 0 spiro atoms. The third-order valence-corrected chi connectivity index (χ3v) is 5.91. The zero-order chi connectivity index (χ0) is 27.1. The molecule has 0 saturated heterocycles. The number of carboxylic acid groups (broad SMARTS) is 1. The van der Waals surface area contributed by atoms with Gasteiger partial charge in [-0.05, 0) is 67.1 Å². The molecule has 0 radical (unpaired) electrons. The fourth-order valence-corrected chi connectivity index (χ4v) is 4.16. The average molecular weight is 538 g/mol. The number of aliphatic carboxylic acids is 1. The van der Waals surface area contributed by atoms with E-state index < -0.39 is 36.3 Å². The van der Waals surface area contributed by atoms with Gasteiger partial charge in [-0.15, -0.1) is 0 Å². The maximum Gasteiger partial charge on any atom is 1.00 e. The second-order valence-corrected chi connectivity index (χ2v) is 9.22. The van der Waals surface area contributed by atoms with Gasteiger partial charge in [0.05, 0.1) is 17.9 Å². The summed E-state index contributed by atoms with van der Waals surface area (Å²) in [7, 11) is 0. The Morgan fingerprint density at radius 1 is 1.00 bits per heavy atom. The van der Waals surface area contributed by atoms with E-state index in [4.69, 9.17) is 0 Å². The summed E-state index contributed by atoms with van der Waals surface area (Å²) < 4.78 is 28.3. The molecule has 0 aliphatic rings. The number of carbonyl (C=O) groups excluding carboxylic acids is 2. The van der Waals surface area contributed by atoms with E-state index in [9.17, 15) is 33.7 Å². The second kappa shape index (κ2) is 14.5. The summed E-state index contributed by atoms with van der Waals surface area (Å²) in [5.41, 5.74) is 2.66. The summed E-state index contributed by atoms with van der Waals surface area (Å²) in [5, 5.41) is 38.3. The first kappa shape index (κ1) is 31.6. The van der Waals surface area contributed by atoms with Gasteiger partial charge in [0.2, 0.25) is 0 Å². The minimum Gasteiger partial charge on any atom is -0.550 e. The molecule has 0 aliphatic heterocycles. The molecule has 3 rings (SSSR count). The molecular formula is C27H30F2N3NaO5. The van der Waals surface area contributed by atoms with Crippen LogP contribution in [0.4, 0.5) is 8.78 Å². The van der Waals surface area contributed by atoms with Gasteiger partial charge in [-0.25, -0.2) is 13.5 Å². The summed E-state index contributed by atoms with van der Waals surface area (Å²) in [5.74, 6) is -2.81. The molecule has 0 fully saturated rings. The average Bonchev–Trinajstić information content (AvgIpc) is 3.22. The van der Waals surface area contributed by atoms with Crippen LogP contribution in [0, 0.1) is 11.6 Å². The van der Waals surface area contributed by atoms with Gasteiger partial charge in [0, 0.05) is 30.2 Å². The van der Waals surface area contributed by atoms with E-state index in [0.717, 1.165) is 0 Å². The van der Waals surface area contributed by atoms with E-state index in [2.05, 4.69) is 10.4 Å². The number of hydrogen-bond donors (Lipinski definition) is 3. The van der Waals surface area contributed by atoms with E-state index in [1.807, 2.05) is 13.8 Å². The molecule has 11 heteroatoms. The number of benzene rings is 2. The number of hydrogen-bond acceptors (Lipinski definition) is 6. The molecule has 8 nitrogen and oxygen atoms in total. The summed E-state index contributed by atoms with van der Waals surface area (Å²) >= 11 is 0. The van der Waals surface area contributed by atoms with Gasteiger partial charge in [0.25, 0.3) is 5.91 Å². The van der Waals surface area contributed by atoms with E-state index >= 15 is 0 Å². The quantitative estimate of drug-likeness (QED) is 0.265. The van der Waals surface area contributed by atoms with Crippen LogP contribution in [-0.4, -0.2) is 44.1 Å². The number of rotatable bonds is 12. The van der Waals surface area contributed by atoms with E-state index in [-0.39, 0.29) is 72.8 Å². The summed E-state index contributed by atoms with van der Waals surface area (Å²) in [4.78, 5) is 23.9. The van der Waals surface area contributed by atoms with Crippen molar-refractivity contribution in [3.05, 3.63) is 82.7 Å². The molecule has 2 unspecified atom stereocenters. The van der Waals surface area contributed by atoms with Gasteiger partial charge in [-0.3, -0.25) is 4.79 Å². The predicted molar refractivity (Wildman–Crippen MR) is 130 cm³/mol. The molecule has 1 amide bonds. The van der Waals surface area contributed by atoms with E-state index in [0.29, 0.717) is 22.5 Å². The summed E-state index contributed by atoms with van der Waals surface area (Å²) in [6.45, 7) is 3.95. The first-order valence-corrected chi connectivity index (χ1v) is 12.0. The van der Waals surface area contributed by atoms with Gasteiger partial charge >= 0.3 is 29.6 Å². The van der Waals surface area contributed by atoms with E-state index in [1.165, 1.54) is 41.1 Å². The Morgan fingerprint density at radius 2 is 1.58 bits per heavy atom. The van der Waals surface area contributed by atoms with Gasteiger partial charge in [0.15, 0.2) is 5.69 Å². The number of aromatic nitrogens is 2. The SMILES string of the molecule is CC(C)c1c(C(=O)NCc2ccc(F)cc2)nn(-c2ccc(F)cc2)c1CCC(O)CC(O)CC(=O)[O-].[Na+]. The van der Waals surface area contributed by atoms with Gasteiger partial charge in [0.1, 0.15) is 11.6 Å².